The molecule has 0 aliphatic carbocycles. The molecule has 1 saturated heterocycles. The second-order valence-electron chi connectivity index (χ2n) is 7.13. The van der Waals surface area contributed by atoms with E-state index in [0.29, 0.717) is 32.5 Å². The van der Waals surface area contributed by atoms with Crippen LogP contribution in [0.15, 0.2) is 18.2 Å². The first-order valence-electron chi connectivity index (χ1n) is 10.0. The van der Waals surface area contributed by atoms with Crippen LogP contribution >= 0.6 is 0 Å². The first-order valence-corrected chi connectivity index (χ1v) is 10.0. The number of rotatable bonds is 10. The van der Waals surface area contributed by atoms with Gasteiger partial charge in [-0.05, 0) is 26.3 Å². The summed E-state index contributed by atoms with van der Waals surface area (Å²) in [7, 11) is 1.71. The van der Waals surface area contributed by atoms with Crippen molar-refractivity contribution in [2.75, 3.05) is 53.0 Å². The molecule has 1 N–H and O–H groups in total. The highest BCUT2D eigenvalue weighted by molar-refractivity contribution is 5.78. The molecular formula is C21H33N3O4. The average Bonchev–Trinajstić information content (AvgIpc) is 2.67. The molecule has 1 amide bonds. The van der Waals surface area contributed by atoms with Crippen molar-refractivity contribution in [2.24, 2.45) is 0 Å². The fraction of sp³-hybridized carbons (Fsp3) is 0.619. The lowest BCUT2D eigenvalue weighted by atomic mass is 10.1. The molecule has 0 bridgehead atoms. The van der Waals surface area contributed by atoms with E-state index in [0.717, 1.165) is 38.5 Å². The zero-order chi connectivity index (χ0) is 20.4. The maximum Gasteiger partial charge on any atom is 0.305 e. The second-order valence-corrected chi connectivity index (χ2v) is 7.13. The molecule has 0 saturated carbocycles. The molecule has 0 radical (unpaired) electrons. The molecule has 156 valence electrons. The fourth-order valence-corrected chi connectivity index (χ4v) is 3.33. The van der Waals surface area contributed by atoms with Gasteiger partial charge in [-0.2, -0.15) is 0 Å². The van der Waals surface area contributed by atoms with Crippen molar-refractivity contribution in [3.8, 4) is 5.75 Å². The number of hydrogen-bond acceptors (Lipinski definition) is 6. The summed E-state index contributed by atoms with van der Waals surface area (Å²) in [6.07, 6.45) is 0.950. The minimum Gasteiger partial charge on any atom is -0.496 e. The van der Waals surface area contributed by atoms with Crippen LogP contribution in [0.5, 0.6) is 5.75 Å². The van der Waals surface area contributed by atoms with E-state index in [1.165, 1.54) is 11.1 Å². The van der Waals surface area contributed by atoms with Crippen LogP contribution in [0.3, 0.4) is 0 Å². The maximum atomic E-state index is 12.1. The Kier molecular flexibility index (Phi) is 9.23. The van der Waals surface area contributed by atoms with E-state index >= 15 is 0 Å². The molecule has 0 spiro atoms. The van der Waals surface area contributed by atoms with Crippen molar-refractivity contribution in [2.45, 2.75) is 33.2 Å². The second kappa shape index (κ2) is 11.7. The molecule has 1 heterocycles. The summed E-state index contributed by atoms with van der Waals surface area (Å²) in [5, 5.41) is 2.88. The summed E-state index contributed by atoms with van der Waals surface area (Å²) in [4.78, 5) is 27.9. The van der Waals surface area contributed by atoms with E-state index in [2.05, 4.69) is 34.2 Å². The lowest BCUT2D eigenvalue weighted by Gasteiger charge is -2.34. The lowest BCUT2D eigenvalue weighted by molar-refractivity contribution is -0.143. The van der Waals surface area contributed by atoms with Gasteiger partial charge in [-0.15, -0.1) is 0 Å². The van der Waals surface area contributed by atoms with Crippen molar-refractivity contribution in [1.82, 2.24) is 15.1 Å². The number of esters is 1. The third-order valence-electron chi connectivity index (χ3n) is 4.85. The fourth-order valence-electron chi connectivity index (χ4n) is 3.33. The van der Waals surface area contributed by atoms with Crippen molar-refractivity contribution < 1.29 is 19.1 Å². The number of nitrogens with one attached hydrogen (secondary N) is 1. The summed E-state index contributed by atoms with van der Waals surface area (Å²) >= 11 is 0. The van der Waals surface area contributed by atoms with Crippen molar-refractivity contribution >= 4 is 11.9 Å². The molecule has 1 aliphatic rings. The molecule has 1 aromatic carbocycles. The molecule has 1 aromatic rings. The molecule has 0 unspecified atom stereocenters. The number of piperazine rings is 1. The van der Waals surface area contributed by atoms with Crippen molar-refractivity contribution in [1.29, 1.82) is 0 Å². The monoisotopic (exact) mass is 391 g/mol. The predicted octanol–water partition coefficient (Wildman–Crippen LogP) is 1.58. The Bertz CT molecular complexity index is 643. The van der Waals surface area contributed by atoms with E-state index in [1.54, 1.807) is 14.0 Å². The summed E-state index contributed by atoms with van der Waals surface area (Å²) in [6.45, 7) is 9.62. The number of carbonyl (C=O) groups is 2. The first-order chi connectivity index (χ1) is 13.5. The third-order valence-corrected chi connectivity index (χ3v) is 4.85. The first kappa shape index (κ1) is 22.2. The number of hydrogen-bond donors (Lipinski definition) is 1. The van der Waals surface area contributed by atoms with Gasteiger partial charge in [0.05, 0.1) is 20.3 Å². The molecule has 1 aliphatic heterocycles. The van der Waals surface area contributed by atoms with E-state index < -0.39 is 0 Å². The van der Waals surface area contributed by atoms with Crippen LogP contribution in [0.1, 0.15) is 30.9 Å². The van der Waals surface area contributed by atoms with Crippen molar-refractivity contribution in [3.63, 3.8) is 0 Å². The number of amides is 1. The van der Waals surface area contributed by atoms with Gasteiger partial charge in [0, 0.05) is 51.3 Å². The quantitative estimate of drug-likeness (QED) is 0.482. The van der Waals surface area contributed by atoms with Crippen molar-refractivity contribution in [3.05, 3.63) is 29.3 Å². The van der Waals surface area contributed by atoms with Crippen LogP contribution in [-0.4, -0.2) is 74.7 Å². The Morgan fingerprint density at radius 3 is 2.54 bits per heavy atom. The van der Waals surface area contributed by atoms with E-state index in [-0.39, 0.29) is 11.9 Å². The van der Waals surface area contributed by atoms with E-state index in [1.807, 2.05) is 6.07 Å². The summed E-state index contributed by atoms with van der Waals surface area (Å²) in [5.41, 5.74) is 2.43. The van der Waals surface area contributed by atoms with Gasteiger partial charge in [0.15, 0.2) is 0 Å². The van der Waals surface area contributed by atoms with E-state index in [4.69, 9.17) is 9.47 Å². The molecule has 1 fully saturated rings. The number of aryl methyl sites for hydroxylation is 1. The molecular weight excluding hydrogens is 358 g/mol. The van der Waals surface area contributed by atoms with Gasteiger partial charge in [0.2, 0.25) is 5.91 Å². The number of carbonyl (C=O) groups excluding carboxylic acids is 2. The Labute approximate surface area is 168 Å². The van der Waals surface area contributed by atoms with Gasteiger partial charge in [0.25, 0.3) is 0 Å². The smallest absolute Gasteiger partial charge is 0.305 e. The summed E-state index contributed by atoms with van der Waals surface area (Å²) in [5.74, 6) is 0.728. The Morgan fingerprint density at radius 1 is 1.14 bits per heavy atom. The van der Waals surface area contributed by atoms with Gasteiger partial charge in [0.1, 0.15) is 5.75 Å². The number of methoxy groups -OCH3 is 1. The molecule has 7 nitrogen and oxygen atoms in total. The zero-order valence-corrected chi connectivity index (χ0v) is 17.3. The number of nitrogens with zero attached hydrogens (tertiary/aromatic N) is 2. The SMILES string of the molecule is CCOC(=O)CCCNC(=O)CN1CCN(Cc2cc(C)ccc2OC)CC1. The topological polar surface area (TPSA) is 71.1 Å². The van der Waals surface area contributed by atoms with Gasteiger partial charge in [-0.25, -0.2) is 0 Å². The van der Waals surface area contributed by atoms with Crippen LogP contribution in [0.2, 0.25) is 0 Å². The third kappa shape index (κ3) is 7.48. The standard InChI is InChI=1S/C21H33N3O4/c1-4-28-21(26)6-5-9-22-20(25)16-24-12-10-23(11-13-24)15-18-14-17(2)7-8-19(18)27-3/h7-8,14H,4-6,9-13,15-16H2,1-3H3,(H,22,25). The molecule has 0 atom stereocenters. The Morgan fingerprint density at radius 2 is 1.86 bits per heavy atom. The van der Waals surface area contributed by atoms with Gasteiger partial charge in [-0.1, -0.05) is 17.7 Å². The Balaban J connectivity index is 1.66. The molecule has 0 aromatic heterocycles. The van der Waals surface area contributed by atoms with Gasteiger partial charge >= 0.3 is 5.97 Å². The van der Waals surface area contributed by atoms with Gasteiger partial charge in [-0.3, -0.25) is 19.4 Å². The predicted molar refractivity (Wildman–Crippen MR) is 108 cm³/mol. The lowest BCUT2D eigenvalue weighted by Crippen LogP contribution is -2.49. The van der Waals surface area contributed by atoms with Crippen LogP contribution < -0.4 is 10.1 Å². The maximum absolute atomic E-state index is 12.1. The highest BCUT2D eigenvalue weighted by Gasteiger charge is 2.20. The van der Waals surface area contributed by atoms with Gasteiger partial charge < -0.3 is 14.8 Å². The molecule has 7 heteroatoms. The highest BCUT2D eigenvalue weighted by atomic mass is 16.5. The average molecular weight is 392 g/mol. The number of benzene rings is 1. The van der Waals surface area contributed by atoms with E-state index in [9.17, 15) is 9.59 Å². The highest BCUT2D eigenvalue weighted by Crippen LogP contribution is 2.21. The van der Waals surface area contributed by atoms with Crippen LogP contribution in [0.25, 0.3) is 0 Å². The number of ether oxygens (including phenoxy) is 2. The minimum absolute atomic E-state index is 0.0117. The van der Waals surface area contributed by atoms with Crippen LogP contribution in [0, 0.1) is 6.92 Å². The Hall–Kier alpha value is -2.12. The summed E-state index contributed by atoms with van der Waals surface area (Å²) in [6, 6.07) is 6.26. The molecule has 28 heavy (non-hydrogen) atoms. The zero-order valence-electron chi connectivity index (χ0n) is 17.3. The largest absolute Gasteiger partial charge is 0.496 e. The van der Waals surface area contributed by atoms with Crippen LogP contribution in [0.4, 0.5) is 0 Å². The normalized spacial score (nSPS) is 15.2. The van der Waals surface area contributed by atoms with Crippen LogP contribution in [-0.2, 0) is 20.9 Å². The molecule has 2 rings (SSSR count). The minimum atomic E-state index is -0.210. The summed E-state index contributed by atoms with van der Waals surface area (Å²) < 4.78 is 10.3.